The van der Waals surface area contributed by atoms with E-state index < -0.39 is 38.8 Å². The Morgan fingerprint density at radius 1 is 1.03 bits per heavy atom. The molecule has 0 unspecified atom stereocenters. The minimum atomic E-state index is -4.79. The molecule has 0 radical (unpaired) electrons. The quantitative estimate of drug-likeness (QED) is 0.422. The van der Waals surface area contributed by atoms with Crippen LogP contribution in [0.3, 0.4) is 0 Å². The second-order valence-electron chi connectivity index (χ2n) is 6.98. The number of hydrogen-bond acceptors (Lipinski definition) is 5. The molecule has 4 aromatic rings. The molecule has 166 valence electrons. The van der Waals surface area contributed by atoms with E-state index in [4.69, 9.17) is 10.00 Å². The Morgan fingerprint density at radius 2 is 1.82 bits per heavy atom. The minimum Gasteiger partial charge on any atom is -0.478 e. The number of halogens is 2. The number of benzene rings is 3. The molecule has 0 amide bonds. The van der Waals surface area contributed by atoms with Crippen molar-refractivity contribution in [1.82, 2.24) is 4.98 Å². The fourth-order valence-corrected chi connectivity index (χ4v) is 4.28. The lowest BCUT2D eigenvalue weighted by molar-refractivity contribution is 0.369. The smallest absolute Gasteiger partial charge is 0.295 e. The molecule has 1 heterocycles. The summed E-state index contributed by atoms with van der Waals surface area (Å²) in [5.74, 6) is -1.51. The summed E-state index contributed by atoms with van der Waals surface area (Å²) in [6, 6.07) is 14.0. The van der Waals surface area contributed by atoms with Crippen molar-refractivity contribution in [3.05, 3.63) is 82.7 Å². The maximum Gasteiger partial charge on any atom is 0.295 e. The molecule has 4 rings (SSSR count). The van der Waals surface area contributed by atoms with Crippen molar-refractivity contribution in [3.8, 4) is 34.1 Å². The lowest BCUT2D eigenvalue weighted by Crippen LogP contribution is -2.07. The average Bonchev–Trinajstić information content (AvgIpc) is 2.76. The second-order valence-corrected chi connectivity index (χ2v) is 8.37. The van der Waals surface area contributed by atoms with Crippen LogP contribution in [0.5, 0.6) is 5.75 Å². The highest BCUT2D eigenvalue weighted by Crippen LogP contribution is 2.42. The van der Waals surface area contributed by atoms with E-state index in [1.54, 1.807) is 6.07 Å². The third kappa shape index (κ3) is 4.32. The normalized spacial score (nSPS) is 11.3. The molecule has 0 fully saturated rings. The van der Waals surface area contributed by atoms with Gasteiger partial charge in [0.25, 0.3) is 10.1 Å². The monoisotopic (exact) mass is 468 g/mol. The fourth-order valence-electron chi connectivity index (χ4n) is 3.56. The van der Waals surface area contributed by atoms with Crippen molar-refractivity contribution >= 4 is 21.0 Å². The largest absolute Gasteiger partial charge is 0.478 e. The molecule has 33 heavy (non-hydrogen) atoms. The molecule has 0 atom stereocenters. The number of aromatic nitrogens is 1. The summed E-state index contributed by atoms with van der Waals surface area (Å²) >= 11 is 0. The van der Waals surface area contributed by atoms with Crippen LogP contribution in [-0.2, 0) is 10.1 Å². The number of fused-ring (bicyclic) bond motifs is 1. The van der Waals surface area contributed by atoms with Crippen molar-refractivity contribution in [2.75, 3.05) is 6.61 Å². The Kier molecular flexibility index (Phi) is 5.68. The van der Waals surface area contributed by atoms with Crippen molar-refractivity contribution in [1.29, 1.82) is 5.26 Å². The molecule has 10 heteroatoms. The first kappa shape index (κ1) is 22.1. The molecule has 1 aromatic heterocycles. The van der Waals surface area contributed by atoms with Gasteiger partial charge in [-0.1, -0.05) is 12.1 Å². The first-order chi connectivity index (χ1) is 15.7. The zero-order valence-corrected chi connectivity index (χ0v) is 17.5. The summed E-state index contributed by atoms with van der Waals surface area (Å²) in [5.41, 5.74) is -0.309. The van der Waals surface area contributed by atoms with E-state index in [9.17, 15) is 22.2 Å². The van der Waals surface area contributed by atoms with Crippen LogP contribution in [0, 0.1) is 23.0 Å². The molecule has 0 spiro atoms. The fraction of sp³-hybridized carbons (Fsp3) is 0.0435. The average molecular weight is 468 g/mol. The Bertz CT molecular complexity index is 1610. The second kappa shape index (κ2) is 8.46. The molecule has 0 aliphatic carbocycles. The first-order valence-electron chi connectivity index (χ1n) is 9.42. The van der Waals surface area contributed by atoms with Crippen LogP contribution in [0.15, 0.2) is 70.4 Å². The molecule has 0 saturated heterocycles. The van der Waals surface area contributed by atoms with Crippen LogP contribution in [0.1, 0.15) is 0 Å². The number of hydrogen-bond donors (Lipinski definition) is 2. The number of ether oxygens (including phenoxy) is 1. The van der Waals surface area contributed by atoms with Gasteiger partial charge in [0.1, 0.15) is 28.3 Å². The minimum absolute atomic E-state index is 0.0479. The Morgan fingerprint density at radius 3 is 2.52 bits per heavy atom. The lowest BCUT2D eigenvalue weighted by atomic mass is 9.95. The first-order valence-corrected chi connectivity index (χ1v) is 10.9. The molecular formula is C23H14F2N2O5S. The van der Waals surface area contributed by atoms with E-state index in [-0.39, 0.29) is 38.9 Å². The van der Waals surface area contributed by atoms with Crippen molar-refractivity contribution < 1.29 is 26.5 Å². The zero-order valence-electron chi connectivity index (χ0n) is 16.7. The van der Waals surface area contributed by atoms with Gasteiger partial charge in [-0.15, -0.1) is 0 Å². The van der Waals surface area contributed by atoms with Gasteiger partial charge in [-0.2, -0.15) is 13.7 Å². The van der Waals surface area contributed by atoms with Gasteiger partial charge in [0.2, 0.25) is 5.56 Å². The number of rotatable bonds is 5. The number of nitrogens with one attached hydrogen (secondary N) is 1. The van der Waals surface area contributed by atoms with Gasteiger partial charge in [-0.05, 0) is 48.0 Å². The molecule has 0 saturated carbocycles. The Hall–Kier alpha value is -4.07. The molecule has 0 aliphatic rings. The molecule has 0 aliphatic heterocycles. The summed E-state index contributed by atoms with van der Waals surface area (Å²) < 4.78 is 68.5. The van der Waals surface area contributed by atoms with Gasteiger partial charge in [0.15, 0.2) is 6.61 Å². The van der Waals surface area contributed by atoms with E-state index in [0.717, 1.165) is 24.3 Å². The van der Waals surface area contributed by atoms with Gasteiger partial charge in [-0.25, -0.2) is 8.78 Å². The summed E-state index contributed by atoms with van der Waals surface area (Å²) in [6.07, 6.45) is 0. The summed E-state index contributed by atoms with van der Waals surface area (Å²) in [7, 11) is -4.79. The predicted octanol–water partition coefficient (Wildman–Crippen LogP) is 4.29. The summed E-state index contributed by atoms with van der Waals surface area (Å²) in [4.78, 5) is 13.7. The van der Waals surface area contributed by atoms with E-state index >= 15 is 4.39 Å². The van der Waals surface area contributed by atoms with Crippen LogP contribution in [-0.4, -0.2) is 24.6 Å². The third-order valence-corrected chi connectivity index (χ3v) is 5.81. The van der Waals surface area contributed by atoms with E-state index in [0.29, 0.717) is 0 Å². The number of nitriles is 1. The van der Waals surface area contributed by atoms with Crippen LogP contribution in [0.25, 0.3) is 33.2 Å². The van der Waals surface area contributed by atoms with E-state index in [1.165, 1.54) is 36.4 Å². The SMILES string of the molecule is N#CCOc1cc(-c2cccc(F)c2)c(F)cc1-c1c(S(=O)(=O)O)ccc2[nH]c(=O)ccc12. The predicted molar refractivity (Wildman–Crippen MR) is 116 cm³/mol. The van der Waals surface area contributed by atoms with Crippen molar-refractivity contribution in [2.45, 2.75) is 4.90 Å². The summed E-state index contributed by atoms with van der Waals surface area (Å²) in [5, 5.41) is 9.16. The number of H-pyrrole nitrogens is 1. The number of pyridine rings is 1. The Balaban J connectivity index is 2.09. The van der Waals surface area contributed by atoms with Crippen LogP contribution in [0.4, 0.5) is 8.78 Å². The molecular weight excluding hydrogens is 454 g/mol. The highest BCUT2D eigenvalue weighted by atomic mass is 32.2. The highest BCUT2D eigenvalue weighted by molar-refractivity contribution is 7.86. The molecule has 2 N–H and O–H groups in total. The van der Waals surface area contributed by atoms with Crippen LogP contribution < -0.4 is 10.3 Å². The topological polar surface area (TPSA) is 120 Å². The molecule has 0 bridgehead atoms. The maximum atomic E-state index is 15.2. The zero-order chi connectivity index (χ0) is 23.8. The van der Waals surface area contributed by atoms with Crippen LogP contribution >= 0.6 is 0 Å². The van der Waals surface area contributed by atoms with Gasteiger partial charge in [-0.3, -0.25) is 9.35 Å². The van der Waals surface area contributed by atoms with Gasteiger partial charge >= 0.3 is 0 Å². The standard InChI is InChI=1S/C23H14F2N2O5S/c24-14-3-1-2-13(10-14)16-12-20(32-9-8-26)17(11-18(16)25)23-15-4-7-22(28)27-19(15)5-6-21(23)33(29,30)31/h1-7,10-12H,9H2,(H,27,28)(H,29,30,31). The van der Waals surface area contributed by atoms with Gasteiger partial charge in [0, 0.05) is 33.7 Å². The number of nitrogens with zero attached hydrogens (tertiary/aromatic N) is 1. The van der Waals surface area contributed by atoms with Crippen molar-refractivity contribution in [3.63, 3.8) is 0 Å². The Labute approximate surface area is 186 Å². The third-order valence-electron chi connectivity index (χ3n) is 4.91. The van der Waals surface area contributed by atoms with Crippen molar-refractivity contribution in [2.24, 2.45) is 0 Å². The maximum absolute atomic E-state index is 15.2. The highest BCUT2D eigenvalue weighted by Gasteiger charge is 2.24. The van der Waals surface area contributed by atoms with Gasteiger partial charge in [0.05, 0.1) is 0 Å². The number of aromatic amines is 1. The van der Waals surface area contributed by atoms with Gasteiger partial charge < -0.3 is 9.72 Å². The lowest BCUT2D eigenvalue weighted by Gasteiger charge is -2.17. The van der Waals surface area contributed by atoms with E-state index in [1.807, 2.05) is 0 Å². The molecule has 7 nitrogen and oxygen atoms in total. The van der Waals surface area contributed by atoms with Crippen LogP contribution in [0.2, 0.25) is 0 Å². The molecule has 3 aromatic carbocycles. The summed E-state index contributed by atoms with van der Waals surface area (Å²) in [6.45, 7) is -0.454. The van der Waals surface area contributed by atoms with E-state index in [2.05, 4.69) is 4.98 Å².